The van der Waals surface area contributed by atoms with Crippen LogP contribution in [0.2, 0.25) is 0 Å². The average molecular weight is 344 g/mol. The third kappa shape index (κ3) is 2.63. The molecule has 2 aromatic heterocycles. The normalized spacial score (nSPS) is 12.8. The topological polar surface area (TPSA) is 24.3 Å². The lowest BCUT2D eigenvalue weighted by atomic mass is 10.2. The summed E-state index contributed by atoms with van der Waals surface area (Å²) in [6.07, 6.45) is 4.93. The van der Waals surface area contributed by atoms with Gasteiger partial charge in [-0.3, -0.25) is 19.6 Å². The Morgan fingerprint density at radius 1 is 0.846 bits per heavy atom. The molecule has 0 N–H and O–H groups in total. The third-order valence-electron chi connectivity index (χ3n) is 4.94. The van der Waals surface area contributed by atoms with Gasteiger partial charge in [0.15, 0.2) is 0 Å². The second-order valence-corrected chi connectivity index (χ2v) is 6.75. The SMILES string of the molecule is CCC(N(C)C)N(c1ccncc1)n1c2ccccc2c2ccccc21. The lowest BCUT2D eigenvalue weighted by Gasteiger charge is -2.38. The van der Waals surface area contributed by atoms with Crippen LogP contribution in [0.25, 0.3) is 21.8 Å². The Kier molecular flexibility index (Phi) is 4.35. The maximum Gasteiger partial charge on any atom is 0.102 e. The van der Waals surface area contributed by atoms with Crippen molar-refractivity contribution in [2.24, 2.45) is 0 Å². The fraction of sp³-hybridized carbons (Fsp3) is 0.227. The molecule has 4 aromatic rings. The largest absolute Gasteiger partial charge is 0.288 e. The van der Waals surface area contributed by atoms with E-state index in [9.17, 15) is 0 Å². The maximum absolute atomic E-state index is 4.21. The molecule has 0 spiro atoms. The van der Waals surface area contributed by atoms with Crippen LogP contribution in [-0.2, 0) is 0 Å². The molecule has 2 aromatic carbocycles. The summed E-state index contributed by atoms with van der Waals surface area (Å²) in [5.41, 5.74) is 3.56. The molecule has 0 aliphatic carbocycles. The predicted octanol–water partition coefficient (Wildman–Crippen LogP) is 4.76. The van der Waals surface area contributed by atoms with Gasteiger partial charge in [0, 0.05) is 23.2 Å². The first-order valence-corrected chi connectivity index (χ1v) is 9.06. The zero-order valence-electron chi connectivity index (χ0n) is 15.5. The monoisotopic (exact) mass is 344 g/mol. The van der Waals surface area contributed by atoms with Crippen molar-refractivity contribution in [1.29, 1.82) is 0 Å². The first-order valence-electron chi connectivity index (χ1n) is 9.06. The summed E-state index contributed by atoms with van der Waals surface area (Å²) in [6, 6.07) is 21.4. The van der Waals surface area contributed by atoms with E-state index in [0.29, 0.717) is 0 Å². The van der Waals surface area contributed by atoms with Gasteiger partial charge in [0.1, 0.15) is 6.17 Å². The molecular weight excluding hydrogens is 320 g/mol. The number of rotatable bonds is 5. The molecule has 0 bridgehead atoms. The molecule has 4 rings (SSSR count). The van der Waals surface area contributed by atoms with Crippen molar-refractivity contribution in [1.82, 2.24) is 14.6 Å². The standard InChI is InChI=1S/C22H24N4/c1-4-22(24(2)3)25(17-13-15-23-16-14-17)26-20-11-7-5-9-18(20)19-10-6-8-12-21(19)26/h5-16,22H,4H2,1-3H3. The molecule has 0 aliphatic rings. The van der Waals surface area contributed by atoms with Crippen molar-refractivity contribution in [3.05, 3.63) is 73.1 Å². The third-order valence-corrected chi connectivity index (χ3v) is 4.94. The first-order chi connectivity index (χ1) is 12.7. The summed E-state index contributed by atoms with van der Waals surface area (Å²) >= 11 is 0. The Morgan fingerprint density at radius 2 is 1.38 bits per heavy atom. The zero-order chi connectivity index (χ0) is 18.1. The van der Waals surface area contributed by atoms with Gasteiger partial charge in [-0.1, -0.05) is 43.3 Å². The Hall–Kier alpha value is -2.85. The van der Waals surface area contributed by atoms with Crippen molar-refractivity contribution in [2.75, 3.05) is 19.1 Å². The molecule has 0 aliphatic heterocycles. The highest BCUT2D eigenvalue weighted by molar-refractivity contribution is 6.08. The molecule has 4 nitrogen and oxygen atoms in total. The second kappa shape index (κ2) is 6.81. The fourth-order valence-electron chi connectivity index (χ4n) is 3.81. The van der Waals surface area contributed by atoms with Crippen LogP contribution >= 0.6 is 0 Å². The number of aromatic nitrogens is 2. The van der Waals surface area contributed by atoms with Crippen LogP contribution in [0.5, 0.6) is 0 Å². The van der Waals surface area contributed by atoms with Crippen LogP contribution < -0.4 is 5.01 Å². The molecular formula is C22H24N4. The minimum atomic E-state index is 0.219. The highest BCUT2D eigenvalue weighted by atomic mass is 15.6. The van der Waals surface area contributed by atoms with Gasteiger partial charge in [0.2, 0.25) is 0 Å². The second-order valence-electron chi connectivity index (χ2n) is 6.75. The van der Waals surface area contributed by atoms with E-state index < -0.39 is 0 Å². The van der Waals surface area contributed by atoms with E-state index >= 15 is 0 Å². The van der Waals surface area contributed by atoms with Crippen LogP contribution in [0.4, 0.5) is 5.69 Å². The van der Waals surface area contributed by atoms with Crippen molar-refractivity contribution >= 4 is 27.5 Å². The smallest absolute Gasteiger partial charge is 0.102 e. The summed E-state index contributed by atoms with van der Waals surface area (Å²) in [4.78, 5) is 6.48. The van der Waals surface area contributed by atoms with Crippen LogP contribution in [0.1, 0.15) is 13.3 Å². The first kappa shape index (κ1) is 16.6. The van der Waals surface area contributed by atoms with Crippen LogP contribution in [0.3, 0.4) is 0 Å². The molecule has 4 heteroatoms. The number of para-hydroxylation sites is 2. The van der Waals surface area contributed by atoms with Crippen molar-refractivity contribution in [3.8, 4) is 0 Å². The van der Waals surface area contributed by atoms with Crippen molar-refractivity contribution in [3.63, 3.8) is 0 Å². The Balaban J connectivity index is 2.07. The van der Waals surface area contributed by atoms with E-state index in [2.05, 4.69) is 101 Å². The van der Waals surface area contributed by atoms with E-state index in [4.69, 9.17) is 0 Å². The van der Waals surface area contributed by atoms with Gasteiger partial charge >= 0.3 is 0 Å². The number of hydrogen-bond acceptors (Lipinski definition) is 3. The molecule has 0 radical (unpaired) electrons. The highest BCUT2D eigenvalue weighted by Gasteiger charge is 2.24. The molecule has 1 unspecified atom stereocenters. The van der Waals surface area contributed by atoms with Crippen LogP contribution in [-0.4, -0.2) is 34.8 Å². The molecule has 0 amide bonds. The lowest BCUT2D eigenvalue weighted by molar-refractivity contribution is 0.264. The van der Waals surface area contributed by atoms with E-state index in [1.807, 2.05) is 12.4 Å². The predicted molar refractivity (Wildman–Crippen MR) is 109 cm³/mol. The van der Waals surface area contributed by atoms with Gasteiger partial charge in [-0.2, -0.15) is 0 Å². The van der Waals surface area contributed by atoms with Crippen LogP contribution in [0.15, 0.2) is 73.1 Å². The van der Waals surface area contributed by atoms with Gasteiger partial charge in [-0.15, -0.1) is 0 Å². The molecule has 132 valence electrons. The Labute approximate surface area is 154 Å². The van der Waals surface area contributed by atoms with Crippen molar-refractivity contribution < 1.29 is 0 Å². The molecule has 0 fully saturated rings. The molecule has 1 atom stereocenters. The maximum atomic E-state index is 4.21. The number of pyridine rings is 1. The molecule has 26 heavy (non-hydrogen) atoms. The number of hydrogen-bond donors (Lipinski definition) is 0. The van der Waals surface area contributed by atoms with E-state index in [0.717, 1.165) is 12.1 Å². The van der Waals surface area contributed by atoms with Gasteiger partial charge in [-0.05, 0) is 44.8 Å². The zero-order valence-corrected chi connectivity index (χ0v) is 15.5. The van der Waals surface area contributed by atoms with E-state index in [1.54, 1.807) is 0 Å². The number of benzene rings is 2. The van der Waals surface area contributed by atoms with Crippen molar-refractivity contribution in [2.45, 2.75) is 19.5 Å². The van der Waals surface area contributed by atoms with Crippen LogP contribution in [0, 0.1) is 0 Å². The van der Waals surface area contributed by atoms with Gasteiger partial charge in [0.05, 0.1) is 16.7 Å². The summed E-state index contributed by atoms with van der Waals surface area (Å²) in [7, 11) is 4.27. The fourth-order valence-corrected chi connectivity index (χ4v) is 3.81. The van der Waals surface area contributed by atoms with Gasteiger partial charge in [-0.25, -0.2) is 0 Å². The minimum Gasteiger partial charge on any atom is -0.288 e. The molecule has 0 saturated heterocycles. The Bertz CT molecular complexity index is 967. The Morgan fingerprint density at radius 3 is 1.88 bits per heavy atom. The summed E-state index contributed by atoms with van der Waals surface area (Å²) in [5, 5.41) is 4.93. The minimum absolute atomic E-state index is 0.219. The van der Waals surface area contributed by atoms with Gasteiger partial charge in [0.25, 0.3) is 0 Å². The van der Waals surface area contributed by atoms with E-state index in [1.165, 1.54) is 21.8 Å². The van der Waals surface area contributed by atoms with Gasteiger partial charge < -0.3 is 0 Å². The summed E-state index contributed by atoms with van der Waals surface area (Å²) in [6.45, 7) is 2.23. The molecule has 0 saturated carbocycles. The summed E-state index contributed by atoms with van der Waals surface area (Å²) < 4.78 is 2.36. The average Bonchev–Trinajstić information content (AvgIpc) is 3.01. The number of anilines is 1. The van der Waals surface area contributed by atoms with E-state index in [-0.39, 0.29) is 6.17 Å². The number of fused-ring (bicyclic) bond motifs is 3. The summed E-state index contributed by atoms with van der Waals surface area (Å²) in [5.74, 6) is 0. The molecule has 2 heterocycles. The quantitative estimate of drug-likeness (QED) is 0.488. The number of nitrogens with zero attached hydrogens (tertiary/aromatic N) is 4. The lowest BCUT2D eigenvalue weighted by Crippen LogP contribution is -2.47. The highest BCUT2D eigenvalue weighted by Crippen LogP contribution is 2.32.